The first-order chi connectivity index (χ1) is 9.28. The second-order valence-electron chi connectivity index (χ2n) is 5.23. The first-order valence-electron chi connectivity index (χ1n) is 7.02. The van der Waals surface area contributed by atoms with Crippen LogP contribution in [0.2, 0.25) is 0 Å². The van der Waals surface area contributed by atoms with Crippen LogP contribution in [-0.4, -0.2) is 29.6 Å². The molecule has 0 aromatic carbocycles. The zero-order valence-corrected chi connectivity index (χ0v) is 12.3. The van der Waals surface area contributed by atoms with E-state index in [1.165, 1.54) is 18.2 Å². The Bertz CT molecular complexity index is 566. The summed E-state index contributed by atoms with van der Waals surface area (Å²) >= 11 is 1.69. The minimum absolute atomic E-state index is 0.750. The molecule has 0 aliphatic carbocycles. The van der Waals surface area contributed by atoms with Crippen molar-refractivity contribution in [2.45, 2.75) is 26.7 Å². The van der Waals surface area contributed by atoms with Crippen molar-refractivity contribution in [3.8, 4) is 0 Å². The number of anilines is 2. The number of rotatable bonds is 3. The standard InChI is InChI=1S/C14H20N4S/c1-3-15-14-16-12(11-6-8-19-13(11)17-14)18-7-4-5-10(2)9-18/h6,8,10H,3-5,7,9H2,1-2H3,(H,15,16,17). The molecule has 1 N–H and O–H groups in total. The van der Waals surface area contributed by atoms with Gasteiger partial charge in [0.25, 0.3) is 0 Å². The molecule has 0 spiro atoms. The van der Waals surface area contributed by atoms with E-state index in [4.69, 9.17) is 4.98 Å². The van der Waals surface area contributed by atoms with Crippen LogP contribution in [0.1, 0.15) is 26.7 Å². The van der Waals surface area contributed by atoms with Crippen molar-refractivity contribution >= 4 is 33.3 Å². The van der Waals surface area contributed by atoms with Gasteiger partial charge in [0, 0.05) is 19.6 Å². The summed E-state index contributed by atoms with van der Waals surface area (Å²) < 4.78 is 0. The molecule has 2 aromatic heterocycles. The fourth-order valence-corrected chi connectivity index (χ4v) is 3.46. The quantitative estimate of drug-likeness (QED) is 0.933. The highest BCUT2D eigenvalue weighted by Gasteiger charge is 2.20. The van der Waals surface area contributed by atoms with Crippen molar-refractivity contribution in [2.24, 2.45) is 5.92 Å². The highest BCUT2D eigenvalue weighted by molar-refractivity contribution is 7.16. The maximum Gasteiger partial charge on any atom is 0.226 e. The molecule has 19 heavy (non-hydrogen) atoms. The van der Waals surface area contributed by atoms with Gasteiger partial charge in [0.05, 0.1) is 5.39 Å². The molecule has 102 valence electrons. The maximum absolute atomic E-state index is 4.73. The van der Waals surface area contributed by atoms with Crippen molar-refractivity contribution in [1.29, 1.82) is 0 Å². The zero-order chi connectivity index (χ0) is 13.2. The SMILES string of the molecule is CCNc1nc(N2CCCC(C)C2)c2ccsc2n1. The van der Waals surface area contributed by atoms with Crippen LogP contribution in [0.15, 0.2) is 11.4 Å². The summed E-state index contributed by atoms with van der Waals surface area (Å²) in [5, 5.41) is 6.54. The molecule has 1 saturated heterocycles. The van der Waals surface area contributed by atoms with Crippen molar-refractivity contribution < 1.29 is 0 Å². The third-order valence-corrected chi connectivity index (χ3v) is 4.40. The van der Waals surface area contributed by atoms with Gasteiger partial charge in [0.2, 0.25) is 5.95 Å². The lowest BCUT2D eigenvalue weighted by molar-refractivity contribution is 0.445. The second kappa shape index (κ2) is 5.33. The van der Waals surface area contributed by atoms with Gasteiger partial charge in [-0.3, -0.25) is 0 Å². The lowest BCUT2D eigenvalue weighted by Crippen LogP contribution is -2.35. The molecule has 2 aromatic rings. The highest BCUT2D eigenvalue weighted by atomic mass is 32.1. The van der Waals surface area contributed by atoms with Crippen LogP contribution in [0.25, 0.3) is 10.2 Å². The summed E-state index contributed by atoms with van der Waals surface area (Å²) in [5.41, 5.74) is 0. The van der Waals surface area contributed by atoms with Gasteiger partial charge in [-0.25, -0.2) is 4.98 Å². The Hall–Kier alpha value is -1.36. The summed E-state index contributed by atoms with van der Waals surface area (Å²) in [4.78, 5) is 12.8. The van der Waals surface area contributed by atoms with E-state index in [1.807, 2.05) is 0 Å². The van der Waals surface area contributed by atoms with E-state index < -0.39 is 0 Å². The van der Waals surface area contributed by atoms with Crippen LogP contribution in [0.5, 0.6) is 0 Å². The van der Waals surface area contributed by atoms with Crippen LogP contribution < -0.4 is 10.2 Å². The molecular weight excluding hydrogens is 256 g/mol. The molecule has 0 amide bonds. The van der Waals surface area contributed by atoms with Crippen LogP contribution >= 0.6 is 11.3 Å². The van der Waals surface area contributed by atoms with Crippen molar-refractivity contribution in [3.63, 3.8) is 0 Å². The Morgan fingerprint density at radius 1 is 1.47 bits per heavy atom. The average Bonchev–Trinajstić information content (AvgIpc) is 2.86. The minimum Gasteiger partial charge on any atom is -0.356 e. The Morgan fingerprint density at radius 2 is 2.37 bits per heavy atom. The summed E-state index contributed by atoms with van der Waals surface area (Å²) in [6.07, 6.45) is 2.59. The molecule has 0 radical (unpaired) electrons. The number of aromatic nitrogens is 2. The largest absolute Gasteiger partial charge is 0.356 e. The van der Waals surface area contributed by atoms with Gasteiger partial charge in [0.1, 0.15) is 10.6 Å². The molecule has 0 bridgehead atoms. The van der Waals surface area contributed by atoms with E-state index in [-0.39, 0.29) is 0 Å². The molecule has 1 atom stereocenters. The summed E-state index contributed by atoms with van der Waals surface area (Å²) in [5.74, 6) is 2.61. The predicted octanol–water partition coefficient (Wildman–Crippen LogP) is 3.36. The first kappa shape index (κ1) is 12.7. The van der Waals surface area contributed by atoms with Crippen molar-refractivity contribution in [2.75, 3.05) is 29.9 Å². The predicted molar refractivity (Wildman–Crippen MR) is 82.2 cm³/mol. The van der Waals surface area contributed by atoms with E-state index >= 15 is 0 Å². The van der Waals surface area contributed by atoms with E-state index in [9.17, 15) is 0 Å². The first-order valence-corrected chi connectivity index (χ1v) is 7.90. The molecule has 4 nitrogen and oxygen atoms in total. The van der Waals surface area contributed by atoms with Crippen molar-refractivity contribution in [3.05, 3.63) is 11.4 Å². The van der Waals surface area contributed by atoms with Crippen molar-refractivity contribution in [1.82, 2.24) is 9.97 Å². The van der Waals surface area contributed by atoms with E-state index in [0.717, 1.165) is 42.1 Å². The number of thiophene rings is 1. The number of nitrogens with one attached hydrogen (secondary N) is 1. The molecule has 1 fully saturated rings. The number of fused-ring (bicyclic) bond motifs is 1. The topological polar surface area (TPSA) is 41.1 Å². The molecule has 1 aliphatic rings. The molecule has 5 heteroatoms. The Kier molecular flexibility index (Phi) is 3.55. The number of hydrogen-bond acceptors (Lipinski definition) is 5. The fraction of sp³-hybridized carbons (Fsp3) is 0.571. The van der Waals surface area contributed by atoms with E-state index in [2.05, 4.69) is 40.5 Å². The van der Waals surface area contributed by atoms with E-state index in [1.54, 1.807) is 11.3 Å². The maximum atomic E-state index is 4.73. The zero-order valence-electron chi connectivity index (χ0n) is 11.5. The monoisotopic (exact) mass is 276 g/mol. The Balaban J connectivity index is 2.02. The lowest BCUT2D eigenvalue weighted by atomic mass is 10.0. The van der Waals surface area contributed by atoms with Crippen LogP contribution in [-0.2, 0) is 0 Å². The lowest BCUT2D eigenvalue weighted by Gasteiger charge is -2.32. The van der Waals surface area contributed by atoms with E-state index in [0.29, 0.717) is 0 Å². The average molecular weight is 276 g/mol. The molecule has 3 heterocycles. The summed E-state index contributed by atoms with van der Waals surface area (Å²) in [6.45, 7) is 7.46. The molecule has 3 rings (SSSR count). The number of piperidine rings is 1. The molecule has 1 aliphatic heterocycles. The van der Waals surface area contributed by atoms with Gasteiger partial charge >= 0.3 is 0 Å². The van der Waals surface area contributed by atoms with Gasteiger partial charge in [0.15, 0.2) is 0 Å². The fourth-order valence-electron chi connectivity index (χ4n) is 2.70. The Labute approximate surface area is 117 Å². The number of hydrogen-bond donors (Lipinski definition) is 1. The third kappa shape index (κ3) is 2.52. The summed E-state index contributed by atoms with van der Waals surface area (Å²) in [6, 6.07) is 2.14. The van der Waals surface area contributed by atoms with Crippen LogP contribution in [0.4, 0.5) is 11.8 Å². The smallest absolute Gasteiger partial charge is 0.226 e. The molecule has 0 saturated carbocycles. The third-order valence-electron chi connectivity index (χ3n) is 3.60. The molecule has 1 unspecified atom stereocenters. The van der Waals surface area contributed by atoms with Gasteiger partial charge in [-0.05, 0) is 37.1 Å². The number of nitrogens with zero attached hydrogens (tertiary/aromatic N) is 3. The highest BCUT2D eigenvalue weighted by Crippen LogP contribution is 2.31. The Morgan fingerprint density at radius 3 is 3.16 bits per heavy atom. The minimum atomic E-state index is 0.750. The molecular formula is C14H20N4S. The van der Waals surface area contributed by atoms with Gasteiger partial charge in [-0.1, -0.05) is 6.92 Å². The normalized spacial score (nSPS) is 19.9. The van der Waals surface area contributed by atoms with Crippen LogP contribution in [0, 0.1) is 5.92 Å². The second-order valence-corrected chi connectivity index (χ2v) is 6.13. The summed E-state index contributed by atoms with van der Waals surface area (Å²) in [7, 11) is 0. The van der Waals surface area contributed by atoms with Gasteiger partial charge in [-0.15, -0.1) is 11.3 Å². The van der Waals surface area contributed by atoms with Crippen LogP contribution in [0.3, 0.4) is 0 Å². The van der Waals surface area contributed by atoms with Gasteiger partial charge in [-0.2, -0.15) is 4.98 Å². The van der Waals surface area contributed by atoms with Gasteiger partial charge < -0.3 is 10.2 Å².